The van der Waals surface area contributed by atoms with Crippen LogP contribution in [0.25, 0.3) is 0 Å². The van der Waals surface area contributed by atoms with Crippen LogP contribution in [0.5, 0.6) is 11.5 Å². The van der Waals surface area contributed by atoms with Crippen molar-refractivity contribution in [2.24, 2.45) is 5.92 Å². The molecule has 3 nitrogen and oxygen atoms in total. The molecule has 0 aliphatic carbocycles. The van der Waals surface area contributed by atoms with Crippen LogP contribution < -0.4 is 4.74 Å². The van der Waals surface area contributed by atoms with E-state index in [1.807, 2.05) is 6.07 Å². The van der Waals surface area contributed by atoms with Crippen molar-refractivity contribution in [1.29, 1.82) is 0 Å². The normalized spacial score (nSPS) is 25.2. The molecule has 2 unspecified atom stereocenters. The number of phenols is 1. The number of rotatable bonds is 4. The summed E-state index contributed by atoms with van der Waals surface area (Å²) in [6, 6.07) is 4.09. The van der Waals surface area contributed by atoms with Crippen molar-refractivity contribution < 1.29 is 14.4 Å². The second-order valence-corrected chi connectivity index (χ2v) is 7.41. The van der Waals surface area contributed by atoms with Crippen LogP contribution in [0.1, 0.15) is 57.1 Å². The van der Waals surface area contributed by atoms with E-state index in [0.717, 1.165) is 24.3 Å². The van der Waals surface area contributed by atoms with Crippen LogP contribution in [0, 0.1) is 5.92 Å². The van der Waals surface area contributed by atoms with Crippen LogP contribution in [0.15, 0.2) is 12.1 Å². The molecule has 2 aliphatic rings. The van der Waals surface area contributed by atoms with E-state index in [4.69, 9.17) is 4.74 Å². The Bertz CT molecular complexity index is 604. The first-order chi connectivity index (χ1) is 10.4. The number of hydrogen-bond acceptors (Lipinski definition) is 2. The standard InChI is InChI=1S/C19H27NO2/c1-5-6-7-8-13-9-16(21)18-14-11-20(4)12-15(14)19(2,3)22-17(18)10-13/h9-11,14-15H,5-8,12H2,1-4H3/p+1. The molecule has 0 amide bonds. The highest BCUT2D eigenvalue weighted by molar-refractivity contribution is 5.71. The summed E-state index contributed by atoms with van der Waals surface area (Å²) < 4.78 is 8.53. The topological polar surface area (TPSA) is 32.5 Å². The first-order valence-electron chi connectivity index (χ1n) is 8.52. The number of unbranched alkanes of at least 4 members (excludes halogenated alkanes) is 2. The molecule has 0 bridgehead atoms. The van der Waals surface area contributed by atoms with Crippen LogP contribution >= 0.6 is 0 Å². The van der Waals surface area contributed by atoms with Crippen molar-refractivity contribution in [2.45, 2.75) is 58.0 Å². The summed E-state index contributed by atoms with van der Waals surface area (Å²) in [4.78, 5) is 0. The van der Waals surface area contributed by atoms with Gasteiger partial charge in [-0.15, -0.1) is 0 Å². The van der Waals surface area contributed by atoms with Gasteiger partial charge in [0.25, 0.3) is 0 Å². The molecule has 0 aromatic heterocycles. The Morgan fingerprint density at radius 3 is 2.82 bits per heavy atom. The third-order valence-electron chi connectivity index (χ3n) is 5.18. The third-order valence-corrected chi connectivity index (χ3v) is 5.18. The Morgan fingerprint density at radius 2 is 2.09 bits per heavy atom. The van der Waals surface area contributed by atoms with Gasteiger partial charge in [-0.3, -0.25) is 0 Å². The summed E-state index contributed by atoms with van der Waals surface area (Å²) in [5, 5.41) is 10.6. The van der Waals surface area contributed by atoms with E-state index in [9.17, 15) is 5.11 Å². The van der Waals surface area contributed by atoms with E-state index in [2.05, 4.69) is 44.7 Å². The highest BCUT2D eigenvalue weighted by Crippen LogP contribution is 2.49. The van der Waals surface area contributed by atoms with E-state index in [-0.39, 0.29) is 11.5 Å². The number of ether oxygens (including phenoxy) is 1. The number of aromatic hydroxyl groups is 1. The number of benzene rings is 1. The fraction of sp³-hybridized carbons (Fsp3) is 0.632. The maximum absolute atomic E-state index is 10.6. The minimum absolute atomic E-state index is 0.201. The summed E-state index contributed by atoms with van der Waals surface area (Å²) in [6.45, 7) is 7.53. The van der Waals surface area contributed by atoms with E-state index < -0.39 is 0 Å². The van der Waals surface area contributed by atoms with Gasteiger partial charge in [0.2, 0.25) is 0 Å². The molecule has 2 atom stereocenters. The molecule has 0 spiro atoms. The van der Waals surface area contributed by atoms with Crippen LogP contribution in [-0.2, 0) is 6.42 Å². The Balaban J connectivity index is 1.97. The fourth-order valence-electron chi connectivity index (χ4n) is 3.96. The molecule has 3 heteroatoms. The van der Waals surface area contributed by atoms with Gasteiger partial charge in [-0.05, 0) is 44.4 Å². The quantitative estimate of drug-likeness (QED) is 0.679. The predicted octanol–water partition coefficient (Wildman–Crippen LogP) is 3.72. The molecular formula is C19H28NO2+. The average molecular weight is 302 g/mol. The molecule has 2 aliphatic heterocycles. The van der Waals surface area contributed by atoms with Crippen LogP contribution in [0.2, 0.25) is 0 Å². The second kappa shape index (κ2) is 5.60. The van der Waals surface area contributed by atoms with Gasteiger partial charge in [0.1, 0.15) is 36.9 Å². The lowest BCUT2D eigenvalue weighted by Crippen LogP contribution is -2.45. The van der Waals surface area contributed by atoms with Crippen LogP contribution in [-0.4, -0.2) is 35.1 Å². The summed E-state index contributed by atoms with van der Waals surface area (Å²) >= 11 is 0. The lowest BCUT2D eigenvalue weighted by molar-refractivity contribution is -0.492. The minimum atomic E-state index is -0.201. The largest absolute Gasteiger partial charge is 0.507 e. The maximum Gasteiger partial charge on any atom is 0.150 e. The van der Waals surface area contributed by atoms with E-state index in [1.54, 1.807) is 0 Å². The zero-order valence-corrected chi connectivity index (χ0v) is 14.2. The lowest BCUT2D eigenvalue weighted by atomic mass is 9.75. The fourth-order valence-corrected chi connectivity index (χ4v) is 3.96. The smallest absolute Gasteiger partial charge is 0.150 e. The third kappa shape index (κ3) is 2.62. The molecular weight excluding hydrogens is 274 g/mol. The van der Waals surface area contributed by atoms with Gasteiger partial charge < -0.3 is 9.84 Å². The molecule has 1 aromatic carbocycles. The van der Waals surface area contributed by atoms with Gasteiger partial charge in [0, 0.05) is 5.56 Å². The Morgan fingerprint density at radius 1 is 1.32 bits per heavy atom. The van der Waals surface area contributed by atoms with Crippen molar-refractivity contribution in [3.8, 4) is 11.5 Å². The van der Waals surface area contributed by atoms with Gasteiger partial charge in [0.15, 0.2) is 0 Å². The summed E-state index contributed by atoms with van der Waals surface area (Å²) in [7, 11) is 2.10. The SMILES string of the molecule is CCCCCc1cc(O)c2c(c1)OC(C)(C)C1C[N+](C)=CC21. The van der Waals surface area contributed by atoms with Gasteiger partial charge >= 0.3 is 0 Å². The molecule has 120 valence electrons. The molecule has 22 heavy (non-hydrogen) atoms. The van der Waals surface area contributed by atoms with Crippen LogP contribution in [0.3, 0.4) is 0 Å². The number of nitrogens with zero attached hydrogens (tertiary/aromatic N) is 1. The van der Waals surface area contributed by atoms with E-state index in [1.165, 1.54) is 24.8 Å². The highest BCUT2D eigenvalue weighted by Gasteiger charge is 2.50. The minimum Gasteiger partial charge on any atom is -0.507 e. The molecule has 0 fully saturated rings. The highest BCUT2D eigenvalue weighted by atomic mass is 16.5. The van der Waals surface area contributed by atoms with Gasteiger partial charge in [-0.1, -0.05) is 19.8 Å². The van der Waals surface area contributed by atoms with Gasteiger partial charge in [-0.25, -0.2) is 4.58 Å². The van der Waals surface area contributed by atoms with Crippen molar-refractivity contribution in [3.63, 3.8) is 0 Å². The first-order valence-corrected chi connectivity index (χ1v) is 8.52. The molecule has 1 aromatic rings. The van der Waals surface area contributed by atoms with Crippen LogP contribution in [0.4, 0.5) is 0 Å². The predicted molar refractivity (Wildman–Crippen MR) is 89.4 cm³/mol. The zero-order valence-electron chi connectivity index (χ0n) is 14.2. The van der Waals surface area contributed by atoms with E-state index in [0.29, 0.717) is 11.7 Å². The summed E-state index contributed by atoms with van der Waals surface area (Å²) in [5.74, 6) is 1.93. The molecule has 0 saturated heterocycles. The maximum atomic E-state index is 10.6. The number of hydrogen-bond donors (Lipinski definition) is 1. The zero-order chi connectivity index (χ0) is 15.9. The van der Waals surface area contributed by atoms with Crippen molar-refractivity contribution in [1.82, 2.24) is 0 Å². The summed E-state index contributed by atoms with van der Waals surface area (Å²) in [5.41, 5.74) is 1.96. The molecule has 0 saturated carbocycles. The average Bonchev–Trinajstić information content (AvgIpc) is 2.80. The Labute approximate surface area is 133 Å². The Kier molecular flexibility index (Phi) is 3.92. The molecule has 0 radical (unpaired) electrons. The molecule has 1 N–H and O–H groups in total. The number of phenolic OH excluding ortho intramolecular Hbond substituents is 1. The first kappa shape index (κ1) is 15.4. The monoisotopic (exact) mass is 302 g/mol. The van der Waals surface area contributed by atoms with Gasteiger partial charge in [0.05, 0.1) is 11.8 Å². The number of aryl methyl sites for hydroxylation is 1. The summed E-state index contributed by atoms with van der Waals surface area (Å²) in [6.07, 6.45) is 6.86. The van der Waals surface area contributed by atoms with Crippen molar-refractivity contribution >= 4 is 6.21 Å². The number of fused-ring (bicyclic) bond motifs is 3. The van der Waals surface area contributed by atoms with Crippen molar-refractivity contribution in [3.05, 3.63) is 23.3 Å². The molecule has 3 rings (SSSR count). The lowest BCUT2D eigenvalue weighted by Gasteiger charge is -2.39. The van der Waals surface area contributed by atoms with E-state index >= 15 is 0 Å². The Hall–Kier alpha value is -1.51. The van der Waals surface area contributed by atoms with Crippen molar-refractivity contribution in [2.75, 3.05) is 13.6 Å². The molecule has 2 heterocycles. The second-order valence-electron chi connectivity index (χ2n) is 7.41. The van der Waals surface area contributed by atoms with Gasteiger partial charge in [-0.2, -0.15) is 0 Å².